The fraction of sp³-hybridized carbons (Fsp3) is 0.231. The number of benzene rings is 1. The quantitative estimate of drug-likeness (QED) is 0.867. The smallest absolute Gasteiger partial charge is 0.404 e. The van der Waals surface area contributed by atoms with E-state index in [1.807, 2.05) is 6.92 Å². The molecule has 2 rings (SSSR count). The van der Waals surface area contributed by atoms with Crippen LogP contribution in [0.25, 0.3) is 11.1 Å². The van der Waals surface area contributed by atoms with Crippen LogP contribution in [0.1, 0.15) is 12.5 Å². The van der Waals surface area contributed by atoms with Crippen molar-refractivity contribution in [3.05, 3.63) is 36.2 Å². The average Bonchev–Trinajstić information content (AvgIpc) is 2.85. The molecule has 0 aliphatic rings. The van der Waals surface area contributed by atoms with Crippen LogP contribution in [-0.2, 0) is 6.54 Å². The average molecular weight is 281 g/mol. The van der Waals surface area contributed by atoms with Gasteiger partial charge in [-0.3, -0.25) is 4.68 Å². The van der Waals surface area contributed by atoms with E-state index in [1.165, 1.54) is 12.1 Å². The van der Waals surface area contributed by atoms with Gasteiger partial charge in [-0.15, -0.1) is 13.2 Å². The zero-order valence-corrected chi connectivity index (χ0v) is 10.5. The lowest BCUT2D eigenvalue weighted by Crippen LogP contribution is -2.17. The van der Waals surface area contributed by atoms with Gasteiger partial charge in [-0.05, 0) is 24.6 Å². The predicted molar refractivity (Wildman–Crippen MR) is 64.7 cm³/mol. The molecule has 0 N–H and O–H groups in total. The number of hydrogen-bond donors (Lipinski definition) is 0. The van der Waals surface area contributed by atoms with E-state index in [0.717, 1.165) is 0 Å². The molecule has 0 saturated carbocycles. The van der Waals surface area contributed by atoms with Crippen molar-refractivity contribution >= 4 is 0 Å². The van der Waals surface area contributed by atoms with E-state index in [2.05, 4.69) is 9.84 Å². The molecule has 1 heterocycles. The Balaban J connectivity index is 2.41. The van der Waals surface area contributed by atoms with Crippen LogP contribution >= 0.6 is 0 Å². The number of nitrogens with zero attached hydrogens (tertiary/aromatic N) is 3. The predicted octanol–water partition coefficient (Wildman–Crippen LogP) is 3.34. The Bertz CT molecular complexity index is 656. The van der Waals surface area contributed by atoms with E-state index in [-0.39, 0.29) is 5.56 Å². The van der Waals surface area contributed by atoms with Crippen molar-refractivity contribution in [1.29, 1.82) is 5.26 Å². The van der Waals surface area contributed by atoms with Crippen LogP contribution in [0.3, 0.4) is 0 Å². The molecule has 2 aromatic rings. The molecule has 7 heteroatoms. The van der Waals surface area contributed by atoms with Crippen LogP contribution < -0.4 is 4.74 Å². The summed E-state index contributed by atoms with van der Waals surface area (Å²) in [6.45, 7) is 2.55. The molecule has 20 heavy (non-hydrogen) atoms. The van der Waals surface area contributed by atoms with E-state index in [1.54, 1.807) is 29.2 Å². The van der Waals surface area contributed by atoms with Gasteiger partial charge in [0.15, 0.2) is 0 Å². The van der Waals surface area contributed by atoms with E-state index in [0.29, 0.717) is 17.7 Å². The summed E-state index contributed by atoms with van der Waals surface area (Å²) >= 11 is 0. The second kappa shape index (κ2) is 5.25. The molecule has 0 amide bonds. The molecule has 0 radical (unpaired) electrons. The Morgan fingerprint density at radius 2 is 2.10 bits per heavy atom. The highest BCUT2D eigenvalue weighted by Gasteiger charge is 2.32. The molecule has 0 saturated heterocycles. The molecular formula is C13H10F3N3O. The molecule has 1 aromatic carbocycles. The third-order valence-corrected chi connectivity index (χ3v) is 2.62. The lowest BCUT2D eigenvalue weighted by Gasteiger charge is -2.11. The number of aryl methyl sites for hydroxylation is 1. The van der Waals surface area contributed by atoms with Gasteiger partial charge >= 0.3 is 6.36 Å². The third-order valence-electron chi connectivity index (χ3n) is 2.62. The standard InChI is InChI=1S/C13H10F3N3O/c1-2-19-8-11(7-18-19)9-3-4-10(6-17)12(5-9)20-13(14,15)16/h3-5,7-8H,2H2,1H3. The summed E-state index contributed by atoms with van der Waals surface area (Å²) in [6, 6.07) is 5.70. The van der Waals surface area contributed by atoms with Crippen molar-refractivity contribution < 1.29 is 17.9 Å². The Kier molecular flexibility index (Phi) is 3.66. The number of rotatable bonds is 3. The maximum Gasteiger partial charge on any atom is 0.573 e. The number of ether oxygens (including phenoxy) is 1. The van der Waals surface area contributed by atoms with Crippen LogP contribution in [0.15, 0.2) is 30.6 Å². The van der Waals surface area contributed by atoms with Crippen LogP contribution in [-0.4, -0.2) is 16.1 Å². The molecule has 4 nitrogen and oxygen atoms in total. The second-order valence-corrected chi connectivity index (χ2v) is 3.96. The summed E-state index contributed by atoms with van der Waals surface area (Å²) in [7, 11) is 0. The Hall–Kier alpha value is -2.49. The van der Waals surface area contributed by atoms with E-state index >= 15 is 0 Å². The first-order valence-electron chi connectivity index (χ1n) is 5.75. The molecule has 0 bridgehead atoms. The summed E-state index contributed by atoms with van der Waals surface area (Å²) in [5, 5.41) is 12.9. The molecule has 0 aliphatic carbocycles. The minimum atomic E-state index is -4.84. The van der Waals surface area contributed by atoms with Gasteiger partial charge in [0, 0.05) is 18.3 Å². The Morgan fingerprint density at radius 3 is 2.65 bits per heavy atom. The lowest BCUT2D eigenvalue weighted by molar-refractivity contribution is -0.274. The number of alkyl halides is 3. The highest BCUT2D eigenvalue weighted by Crippen LogP contribution is 2.30. The summed E-state index contributed by atoms with van der Waals surface area (Å²) in [6.07, 6.45) is -1.58. The van der Waals surface area contributed by atoms with Crippen molar-refractivity contribution in [3.63, 3.8) is 0 Å². The SMILES string of the molecule is CCn1cc(-c2ccc(C#N)c(OC(F)(F)F)c2)cn1. The number of hydrogen-bond acceptors (Lipinski definition) is 3. The molecule has 104 valence electrons. The van der Waals surface area contributed by atoms with Gasteiger partial charge in [0.1, 0.15) is 11.8 Å². The zero-order chi connectivity index (χ0) is 14.8. The van der Waals surface area contributed by atoms with Gasteiger partial charge < -0.3 is 4.74 Å². The normalized spacial score (nSPS) is 11.2. The lowest BCUT2D eigenvalue weighted by atomic mass is 10.1. The molecule has 0 unspecified atom stereocenters. The number of halogens is 3. The minimum absolute atomic E-state index is 0.172. The fourth-order valence-corrected chi connectivity index (χ4v) is 1.69. The summed E-state index contributed by atoms with van der Waals surface area (Å²) < 4.78 is 42.4. The molecule has 0 aliphatic heterocycles. The number of nitriles is 1. The maximum atomic E-state index is 12.3. The number of aromatic nitrogens is 2. The zero-order valence-electron chi connectivity index (χ0n) is 10.5. The van der Waals surface area contributed by atoms with Crippen molar-refractivity contribution in [1.82, 2.24) is 9.78 Å². The largest absolute Gasteiger partial charge is 0.573 e. The van der Waals surface area contributed by atoms with E-state index < -0.39 is 12.1 Å². The first kappa shape index (κ1) is 13.9. The minimum Gasteiger partial charge on any atom is -0.404 e. The van der Waals surface area contributed by atoms with E-state index in [4.69, 9.17) is 5.26 Å². The van der Waals surface area contributed by atoms with Gasteiger partial charge in [-0.1, -0.05) is 6.07 Å². The highest BCUT2D eigenvalue weighted by molar-refractivity contribution is 5.66. The Morgan fingerprint density at radius 1 is 1.35 bits per heavy atom. The van der Waals surface area contributed by atoms with Gasteiger partial charge in [0.2, 0.25) is 0 Å². The summed E-state index contributed by atoms with van der Waals surface area (Å²) in [4.78, 5) is 0. The third kappa shape index (κ3) is 3.09. The fourth-order valence-electron chi connectivity index (χ4n) is 1.69. The van der Waals surface area contributed by atoms with Gasteiger partial charge in [0.05, 0.1) is 11.8 Å². The maximum absolute atomic E-state index is 12.3. The molecule has 0 atom stereocenters. The second-order valence-electron chi connectivity index (χ2n) is 3.96. The van der Waals surface area contributed by atoms with Crippen molar-refractivity contribution in [3.8, 4) is 22.9 Å². The highest BCUT2D eigenvalue weighted by atomic mass is 19.4. The first-order valence-corrected chi connectivity index (χ1v) is 5.75. The molecule has 0 fully saturated rings. The summed E-state index contributed by atoms with van der Waals surface area (Å²) in [5.74, 6) is -0.512. The van der Waals surface area contributed by atoms with Gasteiger partial charge in [-0.2, -0.15) is 10.4 Å². The van der Waals surface area contributed by atoms with Gasteiger partial charge in [0.25, 0.3) is 0 Å². The Labute approximate surface area is 113 Å². The van der Waals surface area contributed by atoms with Crippen LogP contribution in [0.5, 0.6) is 5.75 Å². The van der Waals surface area contributed by atoms with Crippen LogP contribution in [0.4, 0.5) is 13.2 Å². The summed E-state index contributed by atoms with van der Waals surface area (Å²) in [5.41, 5.74) is 0.986. The monoisotopic (exact) mass is 281 g/mol. The molecule has 1 aromatic heterocycles. The van der Waals surface area contributed by atoms with Crippen molar-refractivity contribution in [2.45, 2.75) is 19.8 Å². The molecular weight excluding hydrogens is 271 g/mol. The van der Waals surface area contributed by atoms with Crippen LogP contribution in [0, 0.1) is 11.3 Å². The first-order chi connectivity index (χ1) is 9.43. The van der Waals surface area contributed by atoms with Gasteiger partial charge in [-0.25, -0.2) is 0 Å². The van der Waals surface area contributed by atoms with Crippen LogP contribution in [0.2, 0.25) is 0 Å². The topological polar surface area (TPSA) is 50.8 Å². The van der Waals surface area contributed by atoms with Crippen molar-refractivity contribution in [2.24, 2.45) is 0 Å². The van der Waals surface area contributed by atoms with E-state index in [9.17, 15) is 13.2 Å². The molecule has 0 spiro atoms. The van der Waals surface area contributed by atoms with Crippen molar-refractivity contribution in [2.75, 3.05) is 0 Å².